The van der Waals surface area contributed by atoms with E-state index in [-0.39, 0.29) is 36.3 Å². The lowest BCUT2D eigenvalue weighted by atomic mass is 9.69. The highest BCUT2D eigenvalue weighted by atomic mass is 16.4. The van der Waals surface area contributed by atoms with Crippen LogP contribution in [-0.4, -0.2) is 96.0 Å². The van der Waals surface area contributed by atoms with Crippen LogP contribution in [0.4, 0.5) is 0 Å². The standard InChI is InChI=1S/C35H41N7O4/c1-6-30-38-39-34(46-30)35(13-14-37-20-31(43)42-26(19-36)17-25-18-29(25)42)27-11-9-23(32(44)40(2)3)15-21(27)7-8-22-16-24(10-12-28(22)35)33(45)41(4)5/h9-12,15-16,25-26,29,37H,6-8,13-14,17-18,20H2,1-5H3/t25-,26?,29+/m1/s1. The molecular formula is C35H41N7O4. The molecule has 3 aromatic rings. The van der Waals surface area contributed by atoms with Crippen LogP contribution in [0.1, 0.15) is 80.9 Å². The molecule has 0 radical (unpaired) electrons. The third-order valence-corrected chi connectivity index (χ3v) is 9.73. The Kier molecular flexibility index (Phi) is 8.42. The molecule has 1 saturated carbocycles. The van der Waals surface area contributed by atoms with E-state index in [0.717, 1.165) is 35.1 Å². The van der Waals surface area contributed by atoms with Crippen LogP contribution < -0.4 is 5.32 Å². The van der Waals surface area contributed by atoms with Crippen molar-refractivity contribution in [2.24, 2.45) is 5.92 Å². The van der Waals surface area contributed by atoms with Gasteiger partial charge in [0, 0.05) is 51.8 Å². The number of rotatable bonds is 9. The van der Waals surface area contributed by atoms with Gasteiger partial charge in [-0.1, -0.05) is 19.1 Å². The molecule has 11 heteroatoms. The molecular weight excluding hydrogens is 582 g/mol. The van der Waals surface area contributed by atoms with Crippen LogP contribution in [0.3, 0.4) is 0 Å². The first-order valence-corrected chi connectivity index (χ1v) is 16.0. The van der Waals surface area contributed by atoms with Gasteiger partial charge in [-0.15, -0.1) is 10.2 Å². The Morgan fingerprint density at radius 2 is 1.59 bits per heavy atom. The van der Waals surface area contributed by atoms with E-state index < -0.39 is 5.41 Å². The molecule has 1 saturated heterocycles. The van der Waals surface area contributed by atoms with E-state index in [1.165, 1.54) is 0 Å². The topological polar surface area (TPSA) is 136 Å². The number of hydrogen-bond acceptors (Lipinski definition) is 8. The molecule has 46 heavy (non-hydrogen) atoms. The number of nitriles is 1. The van der Waals surface area contributed by atoms with Gasteiger partial charge in [-0.3, -0.25) is 14.4 Å². The maximum absolute atomic E-state index is 13.3. The van der Waals surface area contributed by atoms with Crippen LogP contribution in [0.2, 0.25) is 0 Å². The number of hydrogen-bond donors (Lipinski definition) is 1. The zero-order valence-electron chi connectivity index (χ0n) is 27.2. The van der Waals surface area contributed by atoms with Crippen LogP contribution in [0, 0.1) is 17.2 Å². The van der Waals surface area contributed by atoms with Crippen molar-refractivity contribution < 1.29 is 18.8 Å². The molecule has 1 aliphatic heterocycles. The summed E-state index contributed by atoms with van der Waals surface area (Å²) in [5, 5.41) is 21.9. The van der Waals surface area contributed by atoms with Gasteiger partial charge in [0.05, 0.1) is 12.6 Å². The number of aryl methyl sites for hydroxylation is 3. The molecule has 2 aromatic carbocycles. The maximum atomic E-state index is 13.3. The monoisotopic (exact) mass is 623 g/mol. The molecule has 2 fully saturated rings. The Balaban J connectivity index is 1.42. The first kappa shape index (κ1) is 31.4. The van der Waals surface area contributed by atoms with E-state index in [0.29, 0.717) is 61.1 Å². The van der Waals surface area contributed by atoms with E-state index >= 15 is 0 Å². The van der Waals surface area contributed by atoms with Crippen molar-refractivity contribution in [1.29, 1.82) is 5.26 Å². The molecule has 2 aliphatic carbocycles. The Bertz CT molecular complexity index is 1650. The lowest BCUT2D eigenvalue weighted by Gasteiger charge is -2.34. The van der Waals surface area contributed by atoms with Crippen molar-refractivity contribution in [2.75, 3.05) is 41.3 Å². The summed E-state index contributed by atoms with van der Waals surface area (Å²) >= 11 is 0. The quantitative estimate of drug-likeness (QED) is 0.360. The fourth-order valence-corrected chi connectivity index (χ4v) is 7.30. The first-order chi connectivity index (χ1) is 22.1. The average molecular weight is 624 g/mol. The molecule has 3 amide bonds. The molecule has 3 aliphatic rings. The van der Waals surface area contributed by atoms with E-state index in [1.54, 1.807) is 42.9 Å². The molecule has 11 nitrogen and oxygen atoms in total. The SMILES string of the molecule is CCc1nnc(C2(CCNCC(=O)N3C(C#N)C[C@@H]4C[C@@H]43)c3ccc(C(=O)N(C)C)cc3CCc3cc(C(=O)N(C)C)ccc32)o1. The van der Waals surface area contributed by atoms with E-state index in [9.17, 15) is 19.6 Å². The highest BCUT2D eigenvalue weighted by molar-refractivity contribution is 5.95. The fourth-order valence-electron chi connectivity index (χ4n) is 7.30. The molecule has 2 heterocycles. The number of carbonyl (C=O) groups is 3. The summed E-state index contributed by atoms with van der Waals surface area (Å²) in [5.74, 6) is 1.17. The number of aromatic nitrogens is 2. The number of fused-ring (bicyclic) bond motifs is 3. The van der Waals surface area contributed by atoms with E-state index in [2.05, 4.69) is 21.6 Å². The second kappa shape index (κ2) is 12.3. The van der Waals surface area contributed by atoms with Gasteiger partial charge < -0.3 is 24.4 Å². The lowest BCUT2D eigenvalue weighted by Crippen LogP contribution is -2.44. The third kappa shape index (κ3) is 5.45. The van der Waals surface area contributed by atoms with Crippen molar-refractivity contribution >= 4 is 17.7 Å². The summed E-state index contributed by atoms with van der Waals surface area (Å²) < 4.78 is 6.37. The van der Waals surface area contributed by atoms with Gasteiger partial charge in [-0.05, 0) is 91.1 Å². The van der Waals surface area contributed by atoms with Gasteiger partial charge in [0.1, 0.15) is 11.5 Å². The molecule has 1 unspecified atom stereocenters. The molecule has 0 spiro atoms. The number of piperidine rings is 1. The zero-order chi connectivity index (χ0) is 32.7. The summed E-state index contributed by atoms with van der Waals surface area (Å²) in [4.78, 5) is 44.2. The summed E-state index contributed by atoms with van der Waals surface area (Å²) in [6.07, 6.45) is 4.07. The molecule has 6 rings (SSSR count). The van der Waals surface area contributed by atoms with Gasteiger partial charge in [0.25, 0.3) is 11.8 Å². The van der Waals surface area contributed by atoms with Crippen LogP contribution in [0.25, 0.3) is 0 Å². The minimum absolute atomic E-state index is 0.0583. The summed E-state index contributed by atoms with van der Waals surface area (Å²) in [6.45, 7) is 2.51. The maximum Gasteiger partial charge on any atom is 0.253 e. The fraction of sp³-hybridized carbons (Fsp3) is 0.486. The van der Waals surface area contributed by atoms with E-state index in [4.69, 9.17) is 4.42 Å². The van der Waals surface area contributed by atoms with Gasteiger partial charge in [0.2, 0.25) is 17.7 Å². The minimum Gasteiger partial charge on any atom is -0.424 e. The van der Waals surface area contributed by atoms with E-state index in [1.807, 2.05) is 43.3 Å². The minimum atomic E-state index is -0.915. The summed E-state index contributed by atoms with van der Waals surface area (Å²) in [5.41, 5.74) is 4.16. The van der Waals surface area contributed by atoms with Crippen molar-refractivity contribution in [3.63, 3.8) is 0 Å². The largest absolute Gasteiger partial charge is 0.424 e. The van der Waals surface area contributed by atoms with Gasteiger partial charge in [-0.25, -0.2) is 0 Å². The summed E-state index contributed by atoms with van der Waals surface area (Å²) in [7, 11) is 6.94. The second-order valence-electron chi connectivity index (χ2n) is 13.1. The number of nitrogens with zero attached hydrogens (tertiary/aromatic N) is 6. The van der Waals surface area contributed by atoms with Gasteiger partial charge in [0.15, 0.2) is 0 Å². The number of nitrogens with one attached hydrogen (secondary N) is 1. The number of amides is 3. The smallest absolute Gasteiger partial charge is 0.253 e. The lowest BCUT2D eigenvalue weighted by molar-refractivity contribution is -0.131. The van der Waals surface area contributed by atoms with Crippen LogP contribution >= 0.6 is 0 Å². The predicted molar refractivity (Wildman–Crippen MR) is 170 cm³/mol. The Morgan fingerprint density at radius 1 is 0.978 bits per heavy atom. The van der Waals surface area contributed by atoms with Crippen molar-refractivity contribution in [3.05, 3.63) is 81.6 Å². The number of likely N-dealkylation sites (tertiary alicyclic amines) is 1. The van der Waals surface area contributed by atoms with Crippen LogP contribution in [-0.2, 0) is 29.5 Å². The molecule has 0 bridgehead atoms. The number of benzene rings is 2. The van der Waals surface area contributed by atoms with Crippen molar-refractivity contribution in [2.45, 2.75) is 62.9 Å². The average Bonchev–Trinajstić information content (AvgIpc) is 3.50. The third-order valence-electron chi connectivity index (χ3n) is 9.73. The molecule has 240 valence electrons. The second-order valence-corrected chi connectivity index (χ2v) is 13.1. The van der Waals surface area contributed by atoms with Crippen molar-refractivity contribution in [3.8, 4) is 6.07 Å². The molecule has 1 N–H and O–H groups in total. The van der Waals surface area contributed by atoms with Gasteiger partial charge >= 0.3 is 0 Å². The zero-order valence-corrected chi connectivity index (χ0v) is 27.2. The highest BCUT2D eigenvalue weighted by Crippen LogP contribution is 2.48. The van der Waals surface area contributed by atoms with Crippen LogP contribution in [0.5, 0.6) is 0 Å². The number of carbonyl (C=O) groups excluding carboxylic acids is 3. The normalized spacial score (nSPS) is 20.5. The van der Waals surface area contributed by atoms with Crippen molar-refractivity contribution in [1.82, 2.24) is 30.2 Å². The summed E-state index contributed by atoms with van der Waals surface area (Å²) in [6, 6.07) is 13.7. The predicted octanol–water partition coefficient (Wildman–Crippen LogP) is 2.96. The Hall–Kier alpha value is -4.56. The first-order valence-electron chi connectivity index (χ1n) is 16.0. The Labute approximate surface area is 269 Å². The Morgan fingerprint density at radius 3 is 2.11 bits per heavy atom. The molecule has 1 aromatic heterocycles. The van der Waals surface area contributed by atoms with Gasteiger partial charge in [-0.2, -0.15) is 5.26 Å². The molecule has 3 atom stereocenters. The van der Waals surface area contributed by atoms with Crippen LogP contribution in [0.15, 0.2) is 40.8 Å². The highest BCUT2D eigenvalue weighted by Gasteiger charge is 2.54.